The molecule has 0 aromatic carbocycles. The molecule has 4 atom stereocenters. The van der Waals surface area contributed by atoms with Gasteiger partial charge in [0.2, 0.25) is 0 Å². The van der Waals surface area contributed by atoms with Gasteiger partial charge in [-0.25, -0.2) is 0 Å². The Bertz CT molecular complexity index is 369. The molecule has 0 saturated heterocycles. The molecule has 0 aliphatic heterocycles. The molecule has 2 aliphatic carbocycles. The summed E-state index contributed by atoms with van der Waals surface area (Å²) >= 11 is 0. The zero-order chi connectivity index (χ0) is 12.6. The molecular formula is C15H22O2. The summed E-state index contributed by atoms with van der Waals surface area (Å²) in [6.45, 7) is 8.30. The van der Waals surface area contributed by atoms with Crippen LogP contribution in [0, 0.1) is 17.3 Å². The zero-order valence-corrected chi connectivity index (χ0v) is 10.8. The Labute approximate surface area is 103 Å². The van der Waals surface area contributed by atoms with Crippen LogP contribution in [0.1, 0.15) is 39.5 Å². The molecule has 0 aromatic rings. The highest BCUT2D eigenvalue weighted by Gasteiger charge is 2.48. The summed E-state index contributed by atoms with van der Waals surface area (Å²) in [5.41, 5.74) is 2.06. The number of aliphatic hydroxyl groups excluding tert-OH is 1. The summed E-state index contributed by atoms with van der Waals surface area (Å²) in [5, 5.41) is 9.75. The van der Waals surface area contributed by atoms with Crippen molar-refractivity contribution in [3.8, 4) is 0 Å². The van der Waals surface area contributed by atoms with E-state index in [1.54, 1.807) is 6.08 Å². The third-order valence-electron chi connectivity index (χ3n) is 4.86. The maximum absolute atomic E-state index is 11.3. The number of carbonyl (C=O) groups is 1. The fourth-order valence-corrected chi connectivity index (χ4v) is 3.68. The van der Waals surface area contributed by atoms with E-state index in [-0.39, 0.29) is 5.41 Å². The monoisotopic (exact) mass is 234 g/mol. The molecule has 0 aromatic heterocycles. The maximum Gasteiger partial charge on any atom is 0.146 e. The van der Waals surface area contributed by atoms with Gasteiger partial charge in [0.25, 0.3) is 0 Å². The van der Waals surface area contributed by atoms with Gasteiger partial charge >= 0.3 is 0 Å². The molecule has 1 N–H and O–H groups in total. The second-order valence-electron chi connectivity index (χ2n) is 5.89. The number of hydrogen-bond acceptors (Lipinski definition) is 2. The van der Waals surface area contributed by atoms with E-state index in [0.717, 1.165) is 37.5 Å². The van der Waals surface area contributed by atoms with Gasteiger partial charge in [-0.15, -0.1) is 0 Å². The lowest BCUT2D eigenvalue weighted by atomic mass is 9.64. The predicted octanol–water partition coefficient (Wildman–Crippen LogP) is 2.88. The van der Waals surface area contributed by atoms with Gasteiger partial charge in [0.1, 0.15) is 6.29 Å². The van der Waals surface area contributed by atoms with Crippen molar-refractivity contribution in [2.24, 2.45) is 17.3 Å². The summed E-state index contributed by atoms with van der Waals surface area (Å²) in [6.07, 6.45) is 6.28. The average Bonchev–Trinajstić information content (AvgIpc) is 2.70. The molecule has 0 amide bonds. The van der Waals surface area contributed by atoms with Gasteiger partial charge in [0.15, 0.2) is 0 Å². The van der Waals surface area contributed by atoms with E-state index in [1.165, 1.54) is 5.57 Å². The Morgan fingerprint density at radius 1 is 1.65 bits per heavy atom. The summed E-state index contributed by atoms with van der Waals surface area (Å²) in [7, 11) is 0. The Morgan fingerprint density at radius 2 is 2.35 bits per heavy atom. The molecule has 2 nitrogen and oxygen atoms in total. The molecule has 2 rings (SSSR count). The van der Waals surface area contributed by atoms with Gasteiger partial charge < -0.3 is 5.11 Å². The molecule has 0 radical (unpaired) electrons. The summed E-state index contributed by atoms with van der Waals surface area (Å²) < 4.78 is 0. The molecule has 94 valence electrons. The van der Waals surface area contributed by atoms with Crippen LogP contribution in [0.5, 0.6) is 0 Å². The number of aldehydes is 1. The van der Waals surface area contributed by atoms with Crippen LogP contribution in [0.3, 0.4) is 0 Å². The van der Waals surface area contributed by atoms with Gasteiger partial charge in [-0.1, -0.05) is 19.1 Å². The molecule has 0 bridgehead atoms. The quantitative estimate of drug-likeness (QED) is 0.589. The third kappa shape index (κ3) is 1.99. The van der Waals surface area contributed by atoms with Gasteiger partial charge in [-0.3, -0.25) is 4.79 Å². The number of allylic oxidation sites excluding steroid dienone is 2. The molecule has 1 fully saturated rings. The van der Waals surface area contributed by atoms with Gasteiger partial charge in [-0.05, 0) is 56.1 Å². The smallest absolute Gasteiger partial charge is 0.146 e. The second kappa shape index (κ2) is 4.41. The SMILES string of the molecule is C=C(C)[C@@H]1CC[C@@]2(C1)C(C=O)=C[C@@H](O)C[C@H]2C. The van der Waals surface area contributed by atoms with E-state index >= 15 is 0 Å². The van der Waals surface area contributed by atoms with Crippen LogP contribution in [0.4, 0.5) is 0 Å². The highest BCUT2D eigenvalue weighted by atomic mass is 16.3. The molecule has 0 heterocycles. The van der Waals surface area contributed by atoms with Gasteiger partial charge in [0.05, 0.1) is 6.10 Å². The van der Waals surface area contributed by atoms with Crippen molar-refractivity contribution in [1.29, 1.82) is 0 Å². The first-order valence-corrected chi connectivity index (χ1v) is 6.50. The first-order valence-electron chi connectivity index (χ1n) is 6.50. The van der Waals surface area contributed by atoms with Crippen LogP contribution in [0.25, 0.3) is 0 Å². The van der Waals surface area contributed by atoms with Crippen molar-refractivity contribution >= 4 is 6.29 Å². The predicted molar refractivity (Wildman–Crippen MR) is 68.5 cm³/mol. The molecule has 1 saturated carbocycles. The Kier molecular flexibility index (Phi) is 3.26. The van der Waals surface area contributed by atoms with Crippen LogP contribution in [-0.2, 0) is 4.79 Å². The first kappa shape index (κ1) is 12.6. The molecule has 2 heteroatoms. The van der Waals surface area contributed by atoms with E-state index in [2.05, 4.69) is 20.4 Å². The minimum Gasteiger partial charge on any atom is -0.389 e. The number of carbonyl (C=O) groups excluding carboxylic acids is 1. The summed E-state index contributed by atoms with van der Waals surface area (Å²) in [4.78, 5) is 11.3. The molecule has 1 spiro atoms. The number of rotatable bonds is 2. The minimum atomic E-state index is -0.445. The number of aliphatic hydroxyl groups is 1. The maximum atomic E-state index is 11.3. The van der Waals surface area contributed by atoms with E-state index in [0.29, 0.717) is 11.8 Å². The van der Waals surface area contributed by atoms with E-state index < -0.39 is 6.10 Å². The van der Waals surface area contributed by atoms with Crippen molar-refractivity contribution in [2.45, 2.75) is 45.6 Å². The van der Waals surface area contributed by atoms with Crippen molar-refractivity contribution < 1.29 is 9.90 Å². The zero-order valence-electron chi connectivity index (χ0n) is 10.8. The normalized spacial score (nSPS) is 41.4. The fraction of sp³-hybridized carbons (Fsp3) is 0.667. The summed E-state index contributed by atoms with van der Waals surface area (Å²) in [6, 6.07) is 0. The largest absolute Gasteiger partial charge is 0.389 e. The van der Waals surface area contributed by atoms with Crippen LogP contribution in [0.15, 0.2) is 23.8 Å². The highest BCUT2D eigenvalue weighted by molar-refractivity contribution is 5.76. The molecule has 2 aliphatic rings. The van der Waals surface area contributed by atoms with Gasteiger partial charge in [0, 0.05) is 5.41 Å². The Hall–Kier alpha value is -0.890. The minimum absolute atomic E-state index is 0.00456. The van der Waals surface area contributed by atoms with Crippen LogP contribution >= 0.6 is 0 Å². The highest BCUT2D eigenvalue weighted by Crippen LogP contribution is 2.55. The average molecular weight is 234 g/mol. The molecular weight excluding hydrogens is 212 g/mol. The number of hydrogen-bond donors (Lipinski definition) is 1. The van der Waals surface area contributed by atoms with Gasteiger partial charge in [-0.2, -0.15) is 0 Å². The lowest BCUT2D eigenvalue weighted by Crippen LogP contribution is -2.36. The second-order valence-corrected chi connectivity index (χ2v) is 5.89. The van der Waals surface area contributed by atoms with Crippen molar-refractivity contribution in [3.63, 3.8) is 0 Å². The Morgan fingerprint density at radius 3 is 2.88 bits per heavy atom. The molecule has 17 heavy (non-hydrogen) atoms. The van der Waals surface area contributed by atoms with Crippen molar-refractivity contribution in [3.05, 3.63) is 23.8 Å². The van der Waals surface area contributed by atoms with E-state index in [9.17, 15) is 9.90 Å². The van der Waals surface area contributed by atoms with Crippen LogP contribution in [0.2, 0.25) is 0 Å². The van der Waals surface area contributed by atoms with Crippen molar-refractivity contribution in [2.75, 3.05) is 0 Å². The Balaban J connectivity index is 2.32. The van der Waals surface area contributed by atoms with Crippen LogP contribution in [-0.4, -0.2) is 17.5 Å². The molecule has 0 unspecified atom stereocenters. The van der Waals surface area contributed by atoms with E-state index in [1.807, 2.05) is 0 Å². The third-order valence-corrected chi connectivity index (χ3v) is 4.86. The standard InChI is InChI=1S/C15H22O2/c1-10(2)12-4-5-15(8-12)11(3)6-14(17)7-13(15)9-16/h7,9,11-12,14,17H,1,4-6,8H2,2-3H3/t11-,12-,14+,15+/m1/s1. The van der Waals surface area contributed by atoms with Crippen LogP contribution < -0.4 is 0 Å². The topological polar surface area (TPSA) is 37.3 Å². The summed E-state index contributed by atoms with van der Waals surface area (Å²) in [5.74, 6) is 0.920. The fourth-order valence-electron chi connectivity index (χ4n) is 3.68. The first-order chi connectivity index (χ1) is 7.99. The lowest BCUT2D eigenvalue weighted by molar-refractivity contribution is -0.106. The van der Waals surface area contributed by atoms with Crippen molar-refractivity contribution in [1.82, 2.24) is 0 Å². The lowest BCUT2D eigenvalue weighted by Gasteiger charge is -2.41. The van der Waals surface area contributed by atoms with E-state index in [4.69, 9.17) is 0 Å².